The first kappa shape index (κ1) is 16.7. The number of H-pyrrole nitrogens is 2. The van der Waals surface area contributed by atoms with Crippen molar-refractivity contribution >= 4 is 33.4 Å². The molecule has 0 fully saturated rings. The first-order chi connectivity index (χ1) is 12.3. The van der Waals surface area contributed by atoms with Gasteiger partial charge >= 0.3 is 6.18 Å². The highest BCUT2D eigenvalue weighted by molar-refractivity contribution is 6.37. The van der Waals surface area contributed by atoms with Crippen LogP contribution in [0.15, 0.2) is 47.3 Å². The Balaban J connectivity index is 2.03. The molecule has 4 aromatic rings. The van der Waals surface area contributed by atoms with Crippen molar-refractivity contribution in [1.82, 2.24) is 9.97 Å². The molecule has 4 rings (SSSR count). The maximum absolute atomic E-state index is 13.0. The second-order valence-electron chi connectivity index (χ2n) is 6.10. The van der Waals surface area contributed by atoms with E-state index < -0.39 is 11.7 Å². The quantitative estimate of drug-likeness (QED) is 0.442. The van der Waals surface area contributed by atoms with Crippen LogP contribution in [0.25, 0.3) is 33.1 Å². The summed E-state index contributed by atoms with van der Waals surface area (Å²) in [7, 11) is 0. The minimum atomic E-state index is -4.41. The van der Waals surface area contributed by atoms with Gasteiger partial charge in [-0.2, -0.15) is 13.2 Å². The van der Waals surface area contributed by atoms with Crippen molar-refractivity contribution in [2.75, 3.05) is 0 Å². The molecular weight excluding hydrogens is 365 g/mol. The summed E-state index contributed by atoms with van der Waals surface area (Å²) in [5.74, 6) is 0. The summed E-state index contributed by atoms with van der Waals surface area (Å²) in [6.45, 7) is 1.81. The van der Waals surface area contributed by atoms with Crippen LogP contribution in [0.3, 0.4) is 0 Å². The van der Waals surface area contributed by atoms with E-state index in [1.54, 1.807) is 18.2 Å². The molecule has 0 radical (unpaired) electrons. The van der Waals surface area contributed by atoms with E-state index >= 15 is 0 Å². The van der Waals surface area contributed by atoms with Crippen molar-refractivity contribution in [3.8, 4) is 11.3 Å². The van der Waals surface area contributed by atoms with Crippen LogP contribution in [-0.4, -0.2) is 9.97 Å². The number of rotatable bonds is 1. The van der Waals surface area contributed by atoms with E-state index in [0.717, 1.165) is 28.6 Å². The topological polar surface area (TPSA) is 48.6 Å². The van der Waals surface area contributed by atoms with Gasteiger partial charge in [0.15, 0.2) is 0 Å². The maximum atomic E-state index is 13.0. The van der Waals surface area contributed by atoms with Crippen molar-refractivity contribution in [2.45, 2.75) is 13.1 Å². The number of hydrogen-bond acceptors (Lipinski definition) is 1. The third-order valence-electron chi connectivity index (χ3n) is 4.45. The van der Waals surface area contributed by atoms with E-state index in [1.807, 2.05) is 6.92 Å². The Hall–Kier alpha value is -2.73. The van der Waals surface area contributed by atoms with Gasteiger partial charge in [-0.1, -0.05) is 23.7 Å². The minimum Gasteiger partial charge on any atom is -0.354 e. The molecule has 26 heavy (non-hydrogen) atoms. The Morgan fingerprint density at radius 3 is 2.35 bits per heavy atom. The monoisotopic (exact) mass is 376 g/mol. The zero-order chi connectivity index (χ0) is 18.6. The van der Waals surface area contributed by atoms with Crippen LogP contribution in [0.1, 0.15) is 11.1 Å². The lowest BCUT2D eigenvalue weighted by atomic mass is 10.0. The predicted molar refractivity (Wildman–Crippen MR) is 96.6 cm³/mol. The molecule has 0 unspecified atom stereocenters. The molecule has 7 heteroatoms. The van der Waals surface area contributed by atoms with Crippen LogP contribution in [0.4, 0.5) is 13.2 Å². The molecule has 3 nitrogen and oxygen atoms in total. The summed E-state index contributed by atoms with van der Waals surface area (Å²) >= 11 is 6.27. The van der Waals surface area contributed by atoms with E-state index in [9.17, 15) is 18.0 Å². The molecule has 0 aliphatic heterocycles. The van der Waals surface area contributed by atoms with Crippen molar-refractivity contribution in [2.24, 2.45) is 0 Å². The number of pyridine rings is 1. The number of aromatic amines is 2. The highest BCUT2D eigenvalue weighted by Crippen LogP contribution is 2.38. The Bertz CT molecular complexity index is 1220. The molecule has 2 N–H and O–H groups in total. The standard InChI is InChI=1S/C19H12ClF3N2O/c1-9-16-13(5-6-14-17(16)12(20)8-15(26)24-14)25-18(9)10-3-2-4-11(7-10)19(21,22)23/h2-8,25H,1H3,(H,24,26). The molecule has 0 bridgehead atoms. The summed E-state index contributed by atoms with van der Waals surface area (Å²) in [5.41, 5.74) is 2.07. The zero-order valence-corrected chi connectivity index (χ0v) is 14.2. The number of aromatic nitrogens is 2. The molecular formula is C19H12ClF3N2O. The maximum Gasteiger partial charge on any atom is 0.416 e. The Morgan fingerprint density at radius 1 is 0.962 bits per heavy atom. The summed E-state index contributed by atoms with van der Waals surface area (Å²) in [6.07, 6.45) is -4.41. The van der Waals surface area contributed by atoms with Crippen LogP contribution >= 0.6 is 11.6 Å². The van der Waals surface area contributed by atoms with E-state index in [1.165, 1.54) is 12.1 Å². The van der Waals surface area contributed by atoms with Crippen molar-refractivity contribution in [3.05, 3.63) is 69.0 Å². The Morgan fingerprint density at radius 2 is 1.65 bits per heavy atom. The lowest BCUT2D eigenvalue weighted by Gasteiger charge is -2.08. The number of hydrogen-bond donors (Lipinski definition) is 2. The molecule has 0 spiro atoms. The molecule has 0 saturated heterocycles. The molecule has 0 amide bonds. The predicted octanol–water partition coefficient (Wildman–Crippen LogP) is 5.66. The molecule has 0 aliphatic rings. The first-order valence-electron chi connectivity index (χ1n) is 7.77. The van der Waals surface area contributed by atoms with Crippen molar-refractivity contribution < 1.29 is 13.2 Å². The fourth-order valence-corrected chi connectivity index (χ4v) is 3.59. The number of halogens is 4. The second-order valence-corrected chi connectivity index (χ2v) is 6.50. The van der Waals surface area contributed by atoms with Gasteiger partial charge in [0, 0.05) is 28.0 Å². The van der Waals surface area contributed by atoms with Gasteiger partial charge in [-0.25, -0.2) is 0 Å². The fraction of sp³-hybridized carbons (Fsp3) is 0.105. The minimum absolute atomic E-state index is 0.298. The highest BCUT2D eigenvalue weighted by Gasteiger charge is 2.30. The lowest BCUT2D eigenvalue weighted by molar-refractivity contribution is -0.137. The number of fused-ring (bicyclic) bond motifs is 3. The highest BCUT2D eigenvalue weighted by atomic mass is 35.5. The van der Waals surface area contributed by atoms with Gasteiger partial charge < -0.3 is 9.97 Å². The average Bonchev–Trinajstić information content (AvgIpc) is 2.91. The summed E-state index contributed by atoms with van der Waals surface area (Å²) in [4.78, 5) is 17.5. The Kier molecular flexibility index (Phi) is 3.63. The van der Waals surface area contributed by atoms with Gasteiger partial charge in [0.2, 0.25) is 5.56 Å². The van der Waals surface area contributed by atoms with Crippen molar-refractivity contribution in [3.63, 3.8) is 0 Å². The van der Waals surface area contributed by atoms with E-state index in [2.05, 4.69) is 9.97 Å². The van der Waals surface area contributed by atoms with Gasteiger partial charge in [-0.05, 0) is 42.3 Å². The van der Waals surface area contributed by atoms with Crippen LogP contribution in [0.5, 0.6) is 0 Å². The molecule has 2 heterocycles. The number of benzene rings is 2. The number of nitrogens with one attached hydrogen (secondary N) is 2. The van der Waals surface area contributed by atoms with Gasteiger partial charge in [-0.3, -0.25) is 4.79 Å². The molecule has 132 valence electrons. The van der Waals surface area contributed by atoms with Crippen LogP contribution in [-0.2, 0) is 6.18 Å². The SMILES string of the molecule is Cc1c(-c2cccc(C(F)(F)F)c2)[nH]c2ccc3[nH]c(=O)cc(Cl)c3c12. The zero-order valence-electron chi connectivity index (χ0n) is 13.5. The smallest absolute Gasteiger partial charge is 0.354 e. The van der Waals surface area contributed by atoms with Gasteiger partial charge in [-0.15, -0.1) is 0 Å². The molecule has 0 aliphatic carbocycles. The van der Waals surface area contributed by atoms with E-state index in [-0.39, 0.29) is 5.56 Å². The van der Waals surface area contributed by atoms with Gasteiger partial charge in [0.1, 0.15) is 0 Å². The fourth-order valence-electron chi connectivity index (χ4n) is 3.30. The largest absolute Gasteiger partial charge is 0.416 e. The van der Waals surface area contributed by atoms with Crippen LogP contribution in [0.2, 0.25) is 5.02 Å². The number of alkyl halides is 3. The van der Waals surface area contributed by atoms with E-state index in [4.69, 9.17) is 11.6 Å². The Labute approximate surface area is 150 Å². The first-order valence-corrected chi connectivity index (χ1v) is 8.15. The molecule has 0 atom stereocenters. The van der Waals surface area contributed by atoms with Crippen molar-refractivity contribution in [1.29, 1.82) is 0 Å². The molecule has 2 aromatic carbocycles. The van der Waals surface area contributed by atoms with Gasteiger partial charge in [0.05, 0.1) is 16.1 Å². The third kappa shape index (κ3) is 2.57. The lowest BCUT2D eigenvalue weighted by Crippen LogP contribution is -2.04. The third-order valence-corrected chi connectivity index (χ3v) is 4.75. The van der Waals surface area contributed by atoms with Crippen LogP contribution < -0.4 is 5.56 Å². The molecule has 0 saturated carbocycles. The summed E-state index contributed by atoms with van der Waals surface area (Å²) < 4.78 is 39.1. The number of aryl methyl sites for hydroxylation is 1. The van der Waals surface area contributed by atoms with Gasteiger partial charge in [0.25, 0.3) is 0 Å². The summed E-state index contributed by atoms with van der Waals surface area (Å²) in [6, 6.07) is 9.94. The second kappa shape index (κ2) is 5.64. The molecule has 2 aromatic heterocycles. The average molecular weight is 377 g/mol. The van der Waals surface area contributed by atoms with E-state index in [0.29, 0.717) is 27.2 Å². The normalized spacial score (nSPS) is 12.2. The summed E-state index contributed by atoms with van der Waals surface area (Å²) in [5, 5.41) is 1.74. The van der Waals surface area contributed by atoms with Crippen LogP contribution in [0, 0.1) is 6.92 Å².